The lowest BCUT2D eigenvalue weighted by Crippen LogP contribution is -2.60. The van der Waals surface area contributed by atoms with Gasteiger partial charge in [-0.15, -0.1) is 11.3 Å². The van der Waals surface area contributed by atoms with Crippen molar-refractivity contribution in [2.75, 3.05) is 26.2 Å². The number of hydrogen-bond donors (Lipinski definition) is 2. The van der Waals surface area contributed by atoms with Gasteiger partial charge in [-0.2, -0.15) is 0 Å². The van der Waals surface area contributed by atoms with Crippen LogP contribution in [0.15, 0.2) is 53.9 Å². The summed E-state index contributed by atoms with van der Waals surface area (Å²) in [5.41, 5.74) is 4.09. The van der Waals surface area contributed by atoms with Crippen LogP contribution in [-0.2, 0) is 16.0 Å². The number of carbonyl (C=O) groups excluding carboxylic acids is 2. The molecule has 1 aliphatic heterocycles. The highest BCUT2D eigenvalue weighted by molar-refractivity contribution is 7.09. The molecule has 180 valence electrons. The molecule has 0 atom stereocenters. The molecule has 0 spiro atoms. The van der Waals surface area contributed by atoms with Crippen LogP contribution in [0.2, 0.25) is 0 Å². The molecule has 2 aromatic carbocycles. The number of carbonyl (C=O) groups is 3. The van der Waals surface area contributed by atoms with Crippen molar-refractivity contribution in [2.24, 2.45) is 5.41 Å². The first-order valence-electron chi connectivity index (χ1n) is 11.4. The van der Waals surface area contributed by atoms with E-state index in [9.17, 15) is 19.5 Å². The van der Waals surface area contributed by atoms with Gasteiger partial charge in [0.1, 0.15) is 17.7 Å². The Balaban J connectivity index is 1.10. The third-order valence-corrected chi connectivity index (χ3v) is 7.51. The number of aromatic nitrogens is 1. The molecule has 8 nitrogen and oxygen atoms in total. The Labute approximate surface area is 206 Å². The molecule has 35 heavy (non-hydrogen) atoms. The highest BCUT2D eigenvalue weighted by Crippen LogP contribution is 2.44. The fraction of sp³-hybridized carbons (Fsp3) is 0.308. The van der Waals surface area contributed by atoms with Gasteiger partial charge in [0, 0.05) is 37.4 Å². The molecule has 2 heterocycles. The highest BCUT2D eigenvalue weighted by Gasteiger charge is 2.47. The van der Waals surface area contributed by atoms with Gasteiger partial charge in [0.15, 0.2) is 0 Å². The number of fused-ring (bicyclic) bond motifs is 3. The second-order valence-corrected chi connectivity index (χ2v) is 10.1. The van der Waals surface area contributed by atoms with E-state index in [2.05, 4.69) is 34.6 Å². The average molecular weight is 492 g/mol. The number of thiazole rings is 1. The zero-order valence-electron chi connectivity index (χ0n) is 19.2. The third kappa shape index (κ3) is 4.39. The van der Waals surface area contributed by atoms with Crippen LogP contribution in [0.3, 0.4) is 0 Å². The van der Waals surface area contributed by atoms with Crippen molar-refractivity contribution in [2.45, 2.75) is 19.3 Å². The summed E-state index contributed by atoms with van der Waals surface area (Å²) in [5.74, 6) is -1.17. The minimum Gasteiger partial charge on any atom is -0.481 e. The zero-order valence-corrected chi connectivity index (χ0v) is 20.0. The van der Waals surface area contributed by atoms with E-state index in [-0.39, 0.29) is 31.5 Å². The van der Waals surface area contributed by atoms with E-state index in [1.54, 1.807) is 12.3 Å². The van der Waals surface area contributed by atoms with Crippen LogP contribution < -0.4 is 5.32 Å². The number of carboxylic acids is 1. The van der Waals surface area contributed by atoms with E-state index < -0.39 is 17.5 Å². The van der Waals surface area contributed by atoms with E-state index in [1.807, 2.05) is 24.3 Å². The zero-order chi connectivity index (χ0) is 24.6. The van der Waals surface area contributed by atoms with Crippen LogP contribution in [0.25, 0.3) is 11.1 Å². The normalized spacial score (nSPS) is 15.6. The lowest BCUT2D eigenvalue weighted by molar-refractivity contribution is -0.155. The summed E-state index contributed by atoms with van der Waals surface area (Å²) < 4.78 is 5.54. The first-order valence-corrected chi connectivity index (χ1v) is 12.3. The van der Waals surface area contributed by atoms with Crippen LogP contribution in [0, 0.1) is 5.41 Å². The maximum Gasteiger partial charge on any atom is 0.407 e. The molecule has 1 fully saturated rings. The number of amides is 2. The van der Waals surface area contributed by atoms with Crippen molar-refractivity contribution in [1.29, 1.82) is 0 Å². The van der Waals surface area contributed by atoms with E-state index >= 15 is 0 Å². The Morgan fingerprint density at radius 1 is 1.11 bits per heavy atom. The molecule has 9 heteroatoms. The summed E-state index contributed by atoms with van der Waals surface area (Å²) >= 11 is 1.34. The average Bonchev–Trinajstić information content (AvgIpc) is 3.43. The Morgan fingerprint density at radius 2 is 1.74 bits per heavy atom. The van der Waals surface area contributed by atoms with Gasteiger partial charge in [-0.05, 0) is 29.2 Å². The Morgan fingerprint density at radius 3 is 2.37 bits per heavy atom. The number of rotatable bonds is 7. The summed E-state index contributed by atoms with van der Waals surface area (Å²) in [7, 11) is 0. The molecule has 1 aromatic heterocycles. The Bertz CT molecular complexity index is 1250. The summed E-state index contributed by atoms with van der Waals surface area (Å²) in [6, 6.07) is 16.4. The number of benzene rings is 2. The van der Waals surface area contributed by atoms with Crippen molar-refractivity contribution < 1.29 is 24.2 Å². The van der Waals surface area contributed by atoms with Gasteiger partial charge >= 0.3 is 12.1 Å². The van der Waals surface area contributed by atoms with Gasteiger partial charge in [0.25, 0.3) is 5.91 Å². The van der Waals surface area contributed by atoms with Gasteiger partial charge in [-0.25, -0.2) is 9.78 Å². The number of alkyl carbamates (subject to hydrolysis) is 1. The molecule has 0 radical (unpaired) electrons. The maximum atomic E-state index is 12.5. The second kappa shape index (κ2) is 9.14. The van der Waals surface area contributed by atoms with E-state index in [4.69, 9.17) is 4.74 Å². The molecule has 1 saturated heterocycles. The lowest BCUT2D eigenvalue weighted by Gasteiger charge is -2.44. The largest absolute Gasteiger partial charge is 0.481 e. The number of ether oxygens (including phenoxy) is 1. The molecule has 2 amide bonds. The minimum atomic E-state index is -0.903. The highest BCUT2D eigenvalue weighted by atomic mass is 32.1. The standard InChI is InChI=1S/C26H25N3O5S/c1-26(24(31)32)14-29(15-26)23(30)21-13-35-22(28-21)10-11-27-25(33)34-12-20-18-8-4-2-6-16(18)17-7-3-5-9-19(17)20/h2-9,13,20H,10-12,14-15H2,1H3,(H,27,33)(H,31,32). The number of hydrogen-bond acceptors (Lipinski definition) is 6. The number of nitrogens with zero attached hydrogens (tertiary/aromatic N) is 2. The van der Waals surface area contributed by atoms with Crippen molar-refractivity contribution in [1.82, 2.24) is 15.2 Å². The van der Waals surface area contributed by atoms with Gasteiger partial charge in [-0.3, -0.25) is 9.59 Å². The number of aliphatic carboxylic acids is 1. The molecule has 2 N–H and O–H groups in total. The van der Waals surface area contributed by atoms with Gasteiger partial charge in [0.05, 0.1) is 5.01 Å². The predicted octanol–water partition coefficient (Wildman–Crippen LogP) is 3.77. The minimum absolute atomic E-state index is 0.00479. The van der Waals surface area contributed by atoms with Crippen molar-refractivity contribution >= 4 is 29.3 Å². The first kappa shape index (κ1) is 23.0. The Hall–Kier alpha value is -3.72. The Kier molecular flexibility index (Phi) is 6.02. The van der Waals surface area contributed by atoms with E-state index in [0.717, 1.165) is 11.1 Å². The van der Waals surface area contributed by atoms with E-state index in [1.165, 1.54) is 27.4 Å². The maximum absolute atomic E-state index is 12.5. The molecule has 5 rings (SSSR count). The number of carboxylic acid groups (broad SMARTS) is 1. The second-order valence-electron chi connectivity index (χ2n) is 9.16. The smallest absolute Gasteiger partial charge is 0.407 e. The van der Waals surface area contributed by atoms with E-state index in [0.29, 0.717) is 23.7 Å². The van der Waals surface area contributed by atoms with Crippen LogP contribution in [0.5, 0.6) is 0 Å². The number of likely N-dealkylation sites (tertiary alicyclic amines) is 1. The fourth-order valence-electron chi connectivity index (χ4n) is 4.68. The van der Waals surface area contributed by atoms with Gasteiger partial charge in [-0.1, -0.05) is 48.5 Å². The monoisotopic (exact) mass is 491 g/mol. The summed E-state index contributed by atoms with van der Waals surface area (Å²) in [4.78, 5) is 41.9. The molecule has 3 aromatic rings. The van der Waals surface area contributed by atoms with Crippen molar-refractivity contribution in [3.63, 3.8) is 0 Å². The van der Waals surface area contributed by atoms with Crippen LogP contribution in [-0.4, -0.2) is 59.2 Å². The van der Waals surface area contributed by atoms with Crippen LogP contribution >= 0.6 is 11.3 Å². The molecule has 0 unspecified atom stereocenters. The summed E-state index contributed by atoms with van der Waals surface area (Å²) in [5, 5.41) is 14.3. The van der Waals surface area contributed by atoms with Crippen molar-refractivity contribution in [3.05, 3.63) is 75.7 Å². The van der Waals surface area contributed by atoms with Crippen LogP contribution in [0.1, 0.15) is 39.5 Å². The molecule has 2 aliphatic rings. The molecule has 1 aliphatic carbocycles. The lowest BCUT2D eigenvalue weighted by atomic mass is 9.82. The predicted molar refractivity (Wildman–Crippen MR) is 131 cm³/mol. The van der Waals surface area contributed by atoms with Crippen molar-refractivity contribution in [3.8, 4) is 11.1 Å². The topological polar surface area (TPSA) is 109 Å². The quantitative estimate of drug-likeness (QED) is 0.521. The molecular formula is C26H25N3O5S. The molecule has 0 bridgehead atoms. The summed E-state index contributed by atoms with van der Waals surface area (Å²) in [6.45, 7) is 2.56. The summed E-state index contributed by atoms with van der Waals surface area (Å²) in [6.07, 6.45) is -0.0251. The van der Waals surface area contributed by atoms with Crippen LogP contribution in [0.4, 0.5) is 4.79 Å². The SMILES string of the molecule is CC1(C(=O)O)CN(C(=O)c2csc(CCNC(=O)OCC3c4ccccc4-c4ccccc43)n2)C1. The fourth-order valence-corrected chi connectivity index (χ4v) is 5.45. The first-order chi connectivity index (χ1) is 16.9. The van der Waals surface area contributed by atoms with Gasteiger partial charge in [0.2, 0.25) is 0 Å². The third-order valence-electron chi connectivity index (χ3n) is 6.61. The number of nitrogens with one attached hydrogen (secondary N) is 1. The molecule has 0 saturated carbocycles. The van der Waals surface area contributed by atoms with Gasteiger partial charge < -0.3 is 20.1 Å². The molecular weight excluding hydrogens is 466 g/mol.